The van der Waals surface area contributed by atoms with Crippen molar-refractivity contribution >= 4 is 28.1 Å². The van der Waals surface area contributed by atoms with Crippen molar-refractivity contribution in [2.75, 3.05) is 38.4 Å². The zero-order chi connectivity index (χ0) is 22.5. The molecule has 1 amide bonds. The van der Waals surface area contributed by atoms with E-state index in [-0.39, 0.29) is 5.89 Å². The molecule has 0 unspecified atom stereocenters. The number of nitrogen functional groups attached to an aromatic ring is 1. The lowest BCUT2D eigenvalue weighted by Gasteiger charge is -2.13. The summed E-state index contributed by atoms with van der Waals surface area (Å²) >= 11 is 0. The Balaban J connectivity index is 1.36. The highest BCUT2D eigenvalue weighted by molar-refractivity contribution is 5.98. The van der Waals surface area contributed by atoms with Crippen LogP contribution in [0, 0.1) is 0 Å². The van der Waals surface area contributed by atoms with E-state index in [0.717, 1.165) is 22.0 Å². The van der Waals surface area contributed by atoms with Gasteiger partial charge in [-0.25, -0.2) is 0 Å². The van der Waals surface area contributed by atoms with Gasteiger partial charge in [-0.05, 0) is 41.8 Å². The van der Waals surface area contributed by atoms with Crippen molar-refractivity contribution in [3.63, 3.8) is 0 Å². The van der Waals surface area contributed by atoms with E-state index >= 15 is 0 Å². The molecule has 4 aromatic rings. The number of carbonyl (C=O) groups excluding carboxylic acids is 1. The minimum absolute atomic E-state index is 0.0835. The summed E-state index contributed by atoms with van der Waals surface area (Å²) in [6.07, 6.45) is 0. The van der Waals surface area contributed by atoms with Crippen molar-refractivity contribution in [1.82, 2.24) is 15.5 Å². The number of hydrogen-bond acceptors (Lipinski definition) is 8. The monoisotopic (exact) mass is 433 g/mol. The second-order valence-electron chi connectivity index (χ2n) is 6.95. The van der Waals surface area contributed by atoms with Gasteiger partial charge in [0.15, 0.2) is 11.5 Å². The van der Waals surface area contributed by atoms with Crippen LogP contribution in [0.4, 0.5) is 11.4 Å². The molecule has 32 heavy (non-hydrogen) atoms. The van der Waals surface area contributed by atoms with E-state index in [4.69, 9.17) is 19.6 Å². The topological polar surface area (TPSA) is 125 Å². The first-order valence-corrected chi connectivity index (χ1v) is 9.95. The third kappa shape index (κ3) is 4.41. The van der Waals surface area contributed by atoms with Crippen molar-refractivity contribution in [3.8, 4) is 23.0 Å². The van der Waals surface area contributed by atoms with Crippen LogP contribution in [0.5, 0.6) is 11.5 Å². The lowest BCUT2D eigenvalue weighted by molar-refractivity contribution is 0.0921. The van der Waals surface area contributed by atoms with Gasteiger partial charge in [-0.1, -0.05) is 18.2 Å². The van der Waals surface area contributed by atoms with E-state index in [9.17, 15) is 4.79 Å². The number of anilines is 2. The quantitative estimate of drug-likeness (QED) is 0.285. The third-order valence-electron chi connectivity index (χ3n) is 4.87. The smallest absolute Gasteiger partial charge is 0.308 e. The minimum Gasteiger partial charge on any atom is -0.493 e. The first-order valence-electron chi connectivity index (χ1n) is 9.95. The summed E-state index contributed by atoms with van der Waals surface area (Å²) in [4.78, 5) is 12.3. The van der Waals surface area contributed by atoms with E-state index in [0.29, 0.717) is 36.2 Å². The summed E-state index contributed by atoms with van der Waals surface area (Å²) < 4.78 is 16.2. The Kier molecular flexibility index (Phi) is 6.07. The summed E-state index contributed by atoms with van der Waals surface area (Å²) in [7, 11) is 3.17. The van der Waals surface area contributed by atoms with Crippen LogP contribution in [0.15, 0.2) is 59.0 Å². The molecule has 4 rings (SSSR count). The molecule has 1 heterocycles. The molecule has 0 spiro atoms. The van der Waals surface area contributed by atoms with Crippen LogP contribution in [-0.4, -0.2) is 43.4 Å². The predicted octanol–water partition coefficient (Wildman–Crippen LogP) is 3.33. The molecule has 0 atom stereocenters. The number of rotatable bonds is 8. The number of methoxy groups -OCH3 is 2. The molecule has 3 aromatic carbocycles. The van der Waals surface area contributed by atoms with Gasteiger partial charge in [0.2, 0.25) is 5.89 Å². The van der Waals surface area contributed by atoms with Gasteiger partial charge in [-0.3, -0.25) is 4.79 Å². The van der Waals surface area contributed by atoms with Crippen LogP contribution in [0.3, 0.4) is 0 Å². The molecule has 9 heteroatoms. The molecular weight excluding hydrogens is 410 g/mol. The number of carbonyl (C=O) groups is 1. The number of nitrogens with zero attached hydrogens (tertiary/aromatic N) is 2. The Hall–Kier alpha value is -4.27. The van der Waals surface area contributed by atoms with E-state index in [1.165, 1.54) is 0 Å². The van der Waals surface area contributed by atoms with Crippen molar-refractivity contribution in [2.45, 2.75) is 0 Å². The number of nitrogens with two attached hydrogens (primary N) is 1. The maximum atomic E-state index is 12.3. The minimum atomic E-state index is -0.434. The van der Waals surface area contributed by atoms with Crippen LogP contribution in [0.25, 0.3) is 22.2 Å². The van der Waals surface area contributed by atoms with E-state index < -0.39 is 5.91 Å². The first-order chi connectivity index (χ1) is 15.6. The third-order valence-corrected chi connectivity index (χ3v) is 4.87. The SMILES string of the molecule is COc1cc2cc(NCCNC(=O)c3nnc(-c4ccccc4)o3)cc(N)c2cc1OC. The van der Waals surface area contributed by atoms with Crippen LogP contribution in [0.2, 0.25) is 0 Å². The van der Waals surface area contributed by atoms with Crippen LogP contribution in [-0.2, 0) is 0 Å². The van der Waals surface area contributed by atoms with Gasteiger partial charge in [0, 0.05) is 35.4 Å². The standard InChI is InChI=1S/C23H23N5O4/c1-30-19-11-15-10-16(12-18(24)17(15)13-20(19)31-2)25-8-9-26-21(29)23-28-27-22(32-23)14-6-4-3-5-7-14/h3-7,10-13,25H,8-9,24H2,1-2H3,(H,26,29). The first kappa shape index (κ1) is 21.0. The van der Waals surface area contributed by atoms with Crippen LogP contribution < -0.4 is 25.8 Å². The highest BCUT2D eigenvalue weighted by Gasteiger charge is 2.15. The van der Waals surface area contributed by atoms with Gasteiger partial charge in [-0.2, -0.15) is 0 Å². The molecule has 0 aliphatic rings. The van der Waals surface area contributed by atoms with Gasteiger partial charge in [0.05, 0.1) is 14.2 Å². The Labute approximate surface area is 184 Å². The molecule has 1 aromatic heterocycles. The predicted molar refractivity (Wildman–Crippen MR) is 122 cm³/mol. The van der Waals surface area contributed by atoms with Gasteiger partial charge in [0.25, 0.3) is 0 Å². The fourth-order valence-electron chi connectivity index (χ4n) is 3.29. The molecule has 0 radical (unpaired) electrons. The molecule has 164 valence electrons. The van der Waals surface area contributed by atoms with E-state index in [1.54, 1.807) is 14.2 Å². The van der Waals surface area contributed by atoms with Crippen molar-refractivity contribution < 1.29 is 18.7 Å². The maximum Gasteiger partial charge on any atom is 0.308 e. The molecule has 0 saturated carbocycles. The summed E-state index contributed by atoms with van der Waals surface area (Å²) in [5.41, 5.74) is 8.40. The molecule has 0 saturated heterocycles. The number of benzene rings is 3. The number of amides is 1. The maximum absolute atomic E-state index is 12.3. The van der Waals surface area contributed by atoms with Gasteiger partial charge in [0.1, 0.15) is 0 Å². The number of nitrogens with one attached hydrogen (secondary N) is 2. The van der Waals surface area contributed by atoms with Crippen LogP contribution >= 0.6 is 0 Å². The second kappa shape index (κ2) is 9.25. The highest BCUT2D eigenvalue weighted by Crippen LogP contribution is 2.36. The summed E-state index contributed by atoms with van der Waals surface area (Å²) in [6.45, 7) is 0.829. The number of fused-ring (bicyclic) bond motifs is 1. The normalized spacial score (nSPS) is 10.7. The zero-order valence-corrected chi connectivity index (χ0v) is 17.7. The molecule has 0 fully saturated rings. The average Bonchev–Trinajstić information content (AvgIpc) is 3.32. The molecule has 9 nitrogen and oxygen atoms in total. The lowest BCUT2D eigenvalue weighted by Crippen LogP contribution is -2.29. The molecular formula is C23H23N5O4. The summed E-state index contributed by atoms with van der Waals surface area (Å²) in [5, 5.41) is 15.5. The number of aromatic nitrogens is 2. The van der Waals surface area contributed by atoms with Gasteiger partial charge >= 0.3 is 11.8 Å². The average molecular weight is 433 g/mol. The van der Waals surface area contributed by atoms with Gasteiger partial charge in [-0.15, -0.1) is 10.2 Å². The fourth-order valence-corrected chi connectivity index (χ4v) is 3.29. The molecule has 0 bridgehead atoms. The molecule has 0 aliphatic carbocycles. The fraction of sp³-hybridized carbons (Fsp3) is 0.174. The van der Waals surface area contributed by atoms with E-state index in [1.807, 2.05) is 54.6 Å². The Bertz CT molecular complexity index is 1240. The Morgan fingerprint density at radius 3 is 2.50 bits per heavy atom. The highest BCUT2D eigenvalue weighted by atomic mass is 16.5. The zero-order valence-electron chi connectivity index (χ0n) is 17.7. The lowest BCUT2D eigenvalue weighted by atomic mass is 10.1. The molecule has 0 aliphatic heterocycles. The number of hydrogen-bond donors (Lipinski definition) is 3. The summed E-state index contributed by atoms with van der Waals surface area (Å²) in [5.74, 6) is 1.02. The van der Waals surface area contributed by atoms with Crippen molar-refractivity contribution in [1.29, 1.82) is 0 Å². The Morgan fingerprint density at radius 1 is 1.00 bits per heavy atom. The summed E-state index contributed by atoms with van der Waals surface area (Å²) in [6, 6.07) is 16.8. The van der Waals surface area contributed by atoms with Crippen LogP contribution in [0.1, 0.15) is 10.7 Å². The van der Waals surface area contributed by atoms with E-state index in [2.05, 4.69) is 20.8 Å². The Morgan fingerprint density at radius 2 is 1.75 bits per heavy atom. The largest absolute Gasteiger partial charge is 0.493 e. The number of ether oxygens (including phenoxy) is 2. The van der Waals surface area contributed by atoms with Crippen molar-refractivity contribution in [3.05, 3.63) is 60.5 Å². The molecule has 4 N–H and O–H groups in total. The van der Waals surface area contributed by atoms with Gasteiger partial charge < -0.3 is 30.3 Å². The second-order valence-corrected chi connectivity index (χ2v) is 6.95. The van der Waals surface area contributed by atoms with Crippen molar-refractivity contribution in [2.24, 2.45) is 0 Å².